The lowest BCUT2D eigenvalue weighted by atomic mass is 9.95. The molecule has 1 aliphatic rings. The largest absolute Gasteiger partial charge is 0.491 e. The Kier molecular flexibility index (Phi) is 6.73. The lowest BCUT2D eigenvalue weighted by Gasteiger charge is -2.21. The van der Waals surface area contributed by atoms with Crippen molar-refractivity contribution in [3.63, 3.8) is 0 Å². The predicted molar refractivity (Wildman–Crippen MR) is 128 cm³/mol. The summed E-state index contributed by atoms with van der Waals surface area (Å²) in [5, 5.41) is 15.7. The van der Waals surface area contributed by atoms with Gasteiger partial charge in [0.2, 0.25) is 0 Å². The maximum atomic E-state index is 14.0. The molecule has 0 saturated carbocycles. The van der Waals surface area contributed by atoms with Crippen molar-refractivity contribution < 1.29 is 28.2 Å². The van der Waals surface area contributed by atoms with Crippen LogP contribution in [-0.2, 0) is 0 Å². The fourth-order valence-corrected chi connectivity index (χ4v) is 4.15. The van der Waals surface area contributed by atoms with E-state index in [0.717, 1.165) is 12.1 Å². The van der Waals surface area contributed by atoms with Gasteiger partial charge in [0.25, 0.3) is 11.8 Å². The van der Waals surface area contributed by atoms with Crippen LogP contribution >= 0.6 is 23.2 Å². The molecule has 1 aliphatic heterocycles. The highest BCUT2D eigenvalue weighted by Gasteiger charge is 2.35. The smallest absolute Gasteiger partial charge is 0.255 e. The van der Waals surface area contributed by atoms with Gasteiger partial charge < -0.3 is 20.5 Å². The number of ether oxygens (including phenoxy) is 1. The molecule has 0 aliphatic carbocycles. The maximum absolute atomic E-state index is 14.0. The van der Waals surface area contributed by atoms with E-state index in [9.17, 15) is 23.5 Å². The van der Waals surface area contributed by atoms with E-state index < -0.39 is 35.1 Å². The summed E-state index contributed by atoms with van der Waals surface area (Å²) in [6.45, 7) is 3.00. The first kappa shape index (κ1) is 24.9. The minimum atomic E-state index is -1.17. The normalized spacial score (nSPS) is 14.9. The Hall–Kier alpha value is -3.20. The SMILES string of the molecule is CC(C)(O)COc1cc(NC(=O)c2cc(F)cc(Cl)c2)c2c(c1)C(=O)NC2c1cc(F)ccc1Cl. The molecule has 0 saturated heterocycles. The molecular formula is C25H20Cl2F2N2O4. The molecule has 0 spiro atoms. The summed E-state index contributed by atoms with van der Waals surface area (Å²) >= 11 is 12.2. The van der Waals surface area contributed by atoms with Crippen LogP contribution in [0.4, 0.5) is 14.5 Å². The maximum Gasteiger partial charge on any atom is 0.255 e. The van der Waals surface area contributed by atoms with Crippen LogP contribution in [0.3, 0.4) is 0 Å². The van der Waals surface area contributed by atoms with E-state index in [1.54, 1.807) is 13.8 Å². The predicted octanol–water partition coefficient (Wildman–Crippen LogP) is 5.51. The second kappa shape index (κ2) is 9.45. The molecule has 3 aromatic rings. The van der Waals surface area contributed by atoms with Gasteiger partial charge in [0.05, 0.1) is 22.9 Å². The van der Waals surface area contributed by atoms with E-state index >= 15 is 0 Å². The quantitative estimate of drug-likeness (QED) is 0.400. The second-order valence-electron chi connectivity index (χ2n) is 8.72. The summed E-state index contributed by atoms with van der Waals surface area (Å²) in [7, 11) is 0. The first-order valence-electron chi connectivity index (χ1n) is 10.5. The number of benzene rings is 3. The summed E-state index contributed by atoms with van der Waals surface area (Å²) in [6, 6.07) is 9.15. The number of fused-ring (bicyclic) bond motifs is 1. The number of amides is 2. The molecule has 3 N–H and O–H groups in total. The summed E-state index contributed by atoms with van der Waals surface area (Å²) in [5.74, 6) is -2.26. The van der Waals surface area contributed by atoms with Crippen LogP contribution in [-0.4, -0.2) is 29.1 Å². The molecule has 0 aromatic heterocycles. The lowest BCUT2D eigenvalue weighted by Crippen LogP contribution is -2.28. The van der Waals surface area contributed by atoms with Crippen molar-refractivity contribution in [1.29, 1.82) is 0 Å². The Morgan fingerprint density at radius 1 is 1.11 bits per heavy atom. The molecule has 2 amide bonds. The highest BCUT2D eigenvalue weighted by atomic mass is 35.5. The van der Waals surface area contributed by atoms with Crippen LogP contribution in [0.2, 0.25) is 10.0 Å². The average molecular weight is 521 g/mol. The number of anilines is 1. The number of carbonyl (C=O) groups is 2. The third-order valence-corrected chi connectivity index (χ3v) is 5.76. The number of halogens is 4. The highest BCUT2D eigenvalue weighted by Crippen LogP contribution is 2.41. The zero-order valence-electron chi connectivity index (χ0n) is 18.6. The monoisotopic (exact) mass is 520 g/mol. The van der Waals surface area contributed by atoms with Crippen LogP contribution in [0.25, 0.3) is 0 Å². The van der Waals surface area contributed by atoms with Gasteiger partial charge in [0.1, 0.15) is 24.0 Å². The topological polar surface area (TPSA) is 87.7 Å². The highest BCUT2D eigenvalue weighted by molar-refractivity contribution is 6.31. The summed E-state index contributed by atoms with van der Waals surface area (Å²) in [6.07, 6.45) is 0. The van der Waals surface area contributed by atoms with Crippen molar-refractivity contribution in [2.24, 2.45) is 0 Å². The molecule has 0 fully saturated rings. The Labute approximate surface area is 209 Å². The van der Waals surface area contributed by atoms with Crippen molar-refractivity contribution in [1.82, 2.24) is 5.32 Å². The number of nitrogens with one attached hydrogen (secondary N) is 2. The minimum absolute atomic E-state index is 0.0314. The van der Waals surface area contributed by atoms with E-state index in [-0.39, 0.29) is 44.8 Å². The zero-order chi connectivity index (χ0) is 25.5. The summed E-state index contributed by atoms with van der Waals surface area (Å²) in [5.41, 5.74) is -0.287. The number of aliphatic hydroxyl groups is 1. The van der Waals surface area contributed by atoms with Crippen LogP contribution < -0.4 is 15.4 Å². The summed E-state index contributed by atoms with van der Waals surface area (Å²) < 4.78 is 33.5. The number of rotatable bonds is 6. The molecule has 1 atom stereocenters. The molecule has 0 bridgehead atoms. The molecule has 10 heteroatoms. The van der Waals surface area contributed by atoms with Crippen molar-refractivity contribution in [3.05, 3.63) is 92.5 Å². The van der Waals surface area contributed by atoms with Crippen molar-refractivity contribution in [2.45, 2.75) is 25.5 Å². The van der Waals surface area contributed by atoms with Gasteiger partial charge in [-0.05, 0) is 56.3 Å². The molecule has 1 unspecified atom stereocenters. The Morgan fingerprint density at radius 2 is 1.86 bits per heavy atom. The zero-order valence-corrected chi connectivity index (χ0v) is 20.1. The molecule has 1 heterocycles. The van der Waals surface area contributed by atoms with E-state index in [0.29, 0.717) is 5.56 Å². The van der Waals surface area contributed by atoms with Gasteiger partial charge in [0.15, 0.2) is 0 Å². The van der Waals surface area contributed by atoms with E-state index in [4.69, 9.17) is 27.9 Å². The Balaban J connectivity index is 1.82. The van der Waals surface area contributed by atoms with Crippen molar-refractivity contribution >= 4 is 40.7 Å². The molecular weight excluding hydrogens is 501 g/mol. The Morgan fingerprint density at radius 3 is 2.54 bits per heavy atom. The molecule has 4 rings (SSSR count). The number of hydrogen-bond donors (Lipinski definition) is 3. The average Bonchev–Trinajstić information content (AvgIpc) is 3.09. The second-order valence-corrected chi connectivity index (χ2v) is 9.56. The molecule has 0 radical (unpaired) electrons. The summed E-state index contributed by atoms with van der Waals surface area (Å²) in [4.78, 5) is 25.8. The van der Waals surface area contributed by atoms with Gasteiger partial charge in [0, 0.05) is 32.8 Å². The number of hydrogen-bond acceptors (Lipinski definition) is 4. The van der Waals surface area contributed by atoms with Gasteiger partial charge in [-0.15, -0.1) is 0 Å². The van der Waals surface area contributed by atoms with E-state index in [2.05, 4.69) is 10.6 Å². The van der Waals surface area contributed by atoms with Crippen molar-refractivity contribution in [3.8, 4) is 5.75 Å². The molecule has 35 heavy (non-hydrogen) atoms. The van der Waals surface area contributed by atoms with E-state index in [1.165, 1.54) is 36.4 Å². The van der Waals surface area contributed by atoms with Gasteiger partial charge in [-0.3, -0.25) is 9.59 Å². The van der Waals surface area contributed by atoms with Crippen molar-refractivity contribution in [2.75, 3.05) is 11.9 Å². The van der Waals surface area contributed by atoms with Crippen LogP contribution in [0.15, 0.2) is 48.5 Å². The van der Waals surface area contributed by atoms with Gasteiger partial charge >= 0.3 is 0 Å². The molecule has 6 nitrogen and oxygen atoms in total. The van der Waals surface area contributed by atoms with Gasteiger partial charge in [-0.2, -0.15) is 0 Å². The number of carbonyl (C=O) groups excluding carboxylic acids is 2. The standard InChI is InChI=1S/C25H20Cl2F2N2O4/c1-25(2,34)11-35-16-9-18-21(22(31-24(18)33)17-8-14(28)3-4-19(17)27)20(10-16)30-23(32)12-5-13(26)7-15(29)6-12/h3-10,22,34H,11H2,1-2H3,(H,30,32)(H,31,33). The fraction of sp³-hybridized carbons (Fsp3) is 0.200. The molecule has 3 aromatic carbocycles. The van der Waals surface area contributed by atoms with Crippen LogP contribution in [0.1, 0.15) is 51.7 Å². The first-order valence-corrected chi connectivity index (χ1v) is 11.2. The minimum Gasteiger partial charge on any atom is -0.491 e. The fourth-order valence-electron chi connectivity index (χ4n) is 3.70. The van der Waals surface area contributed by atoms with Gasteiger partial charge in [-0.1, -0.05) is 23.2 Å². The first-order chi connectivity index (χ1) is 16.4. The third kappa shape index (κ3) is 5.56. The van der Waals surface area contributed by atoms with Crippen LogP contribution in [0.5, 0.6) is 5.75 Å². The third-order valence-electron chi connectivity index (χ3n) is 5.20. The van der Waals surface area contributed by atoms with Crippen LogP contribution in [0, 0.1) is 11.6 Å². The Bertz CT molecular complexity index is 1320. The van der Waals surface area contributed by atoms with Gasteiger partial charge in [-0.25, -0.2) is 8.78 Å². The molecule has 182 valence electrons. The lowest BCUT2D eigenvalue weighted by molar-refractivity contribution is 0.0285. The van der Waals surface area contributed by atoms with E-state index in [1.807, 2.05) is 0 Å².